The van der Waals surface area contributed by atoms with Gasteiger partial charge in [0.1, 0.15) is 6.54 Å². The van der Waals surface area contributed by atoms with Crippen molar-refractivity contribution in [1.29, 1.82) is 0 Å². The van der Waals surface area contributed by atoms with Crippen LogP contribution in [0.4, 0.5) is 0 Å². The molecule has 1 aromatic heterocycles. The van der Waals surface area contributed by atoms with Crippen LogP contribution in [0.25, 0.3) is 0 Å². The van der Waals surface area contributed by atoms with Crippen LogP contribution in [0, 0.1) is 0 Å². The van der Waals surface area contributed by atoms with E-state index >= 15 is 0 Å². The number of rotatable bonds is 2. The number of carbonyl (C=O) groups excluding carboxylic acids is 1. The van der Waals surface area contributed by atoms with Gasteiger partial charge in [-0.2, -0.15) is 5.10 Å². The molecule has 0 radical (unpaired) electrons. The molecule has 0 aliphatic carbocycles. The number of piperazine rings is 1. The van der Waals surface area contributed by atoms with Crippen LogP contribution in [0.1, 0.15) is 0 Å². The molecule has 2 rings (SSSR count). The van der Waals surface area contributed by atoms with Gasteiger partial charge in [-0.15, -0.1) is 0 Å². The van der Waals surface area contributed by atoms with Crippen molar-refractivity contribution in [3.63, 3.8) is 0 Å². The van der Waals surface area contributed by atoms with Crippen LogP contribution in [-0.2, 0) is 11.3 Å². The van der Waals surface area contributed by atoms with Crippen molar-refractivity contribution in [2.24, 2.45) is 0 Å². The normalized spacial score (nSPS) is 17.1. The molecule has 1 amide bonds. The molecule has 0 bridgehead atoms. The summed E-state index contributed by atoms with van der Waals surface area (Å²) in [6.07, 6.45) is 1.51. The molecule has 0 spiro atoms. The lowest BCUT2D eigenvalue weighted by molar-refractivity contribution is -0.133. The van der Waals surface area contributed by atoms with E-state index in [0.717, 1.165) is 26.2 Å². The molecule has 0 saturated carbocycles. The molecule has 1 saturated heterocycles. The lowest BCUT2D eigenvalue weighted by atomic mass is 10.3. The van der Waals surface area contributed by atoms with E-state index in [1.165, 1.54) is 16.9 Å². The summed E-state index contributed by atoms with van der Waals surface area (Å²) in [5, 5.41) is 3.87. The first-order chi connectivity index (χ1) is 8.16. The third kappa shape index (κ3) is 2.91. The van der Waals surface area contributed by atoms with Crippen molar-refractivity contribution in [2.75, 3.05) is 33.2 Å². The van der Waals surface area contributed by atoms with Crippen molar-refractivity contribution < 1.29 is 4.79 Å². The summed E-state index contributed by atoms with van der Waals surface area (Å²) in [6.45, 7) is 3.23. The van der Waals surface area contributed by atoms with Crippen molar-refractivity contribution in [2.45, 2.75) is 6.54 Å². The Morgan fingerprint density at radius 3 is 2.71 bits per heavy atom. The summed E-state index contributed by atoms with van der Waals surface area (Å²) in [7, 11) is 2.03. The Labute approximate surface area is 99.4 Å². The highest BCUT2D eigenvalue weighted by Gasteiger charge is 2.19. The number of likely N-dealkylation sites (N-methyl/N-ethyl adjacent to an activating group) is 1. The highest BCUT2D eigenvalue weighted by atomic mass is 16.2. The number of nitrogens with zero attached hydrogens (tertiary/aromatic N) is 4. The Balaban J connectivity index is 1.98. The van der Waals surface area contributed by atoms with Gasteiger partial charge in [0.05, 0.1) is 0 Å². The number of aromatic nitrogens is 2. The van der Waals surface area contributed by atoms with Crippen molar-refractivity contribution in [3.8, 4) is 0 Å². The Hall–Kier alpha value is -1.69. The first-order valence-electron chi connectivity index (χ1n) is 5.65. The van der Waals surface area contributed by atoms with Crippen molar-refractivity contribution in [1.82, 2.24) is 19.6 Å². The predicted molar refractivity (Wildman–Crippen MR) is 62.6 cm³/mol. The summed E-state index contributed by atoms with van der Waals surface area (Å²) < 4.78 is 1.20. The maximum Gasteiger partial charge on any atom is 0.267 e. The molecule has 1 aliphatic heterocycles. The van der Waals surface area contributed by atoms with Crippen LogP contribution in [0.15, 0.2) is 23.1 Å². The molecule has 1 fully saturated rings. The average Bonchev–Trinajstić information content (AvgIpc) is 2.33. The van der Waals surface area contributed by atoms with Gasteiger partial charge in [0.15, 0.2) is 0 Å². The SMILES string of the molecule is CN1CCN(C(=O)Cn2ncccc2=O)CC1. The van der Waals surface area contributed by atoms with Gasteiger partial charge in [-0.25, -0.2) is 4.68 Å². The fraction of sp³-hybridized carbons (Fsp3) is 0.545. The number of amides is 1. The predicted octanol–water partition coefficient (Wildman–Crippen LogP) is -0.983. The molecule has 0 atom stereocenters. The Morgan fingerprint density at radius 1 is 1.35 bits per heavy atom. The fourth-order valence-corrected chi connectivity index (χ4v) is 1.79. The standard InChI is InChI=1S/C11H16N4O2/c1-13-5-7-14(8-6-13)11(17)9-15-10(16)3-2-4-12-15/h2-4H,5-9H2,1H3. The number of carbonyl (C=O) groups is 1. The van der Waals surface area contributed by atoms with E-state index in [4.69, 9.17) is 0 Å². The molecular formula is C11H16N4O2. The van der Waals surface area contributed by atoms with E-state index < -0.39 is 0 Å². The van der Waals surface area contributed by atoms with Crippen LogP contribution in [-0.4, -0.2) is 58.7 Å². The van der Waals surface area contributed by atoms with E-state index in [2.05, 4.69) is 10.00 Å². The second-order valence-electron chi connectivity index (χ2n) is 4.20. The summed E-state index contributed by atoms with van der Waals surface area (Å²) in [4.78, 5) is 27.3. The molecule has 0 N–H and O–H groups in total. The van der Waals surface area contributed by atoms with Crippen LogP contribution in [0.2, 0.25) is 0 Å². The van der Waals surface area contributed by atoms with Gasteiger partial charge in [0.25, 0.3) is 5.56 Å². The van der Waals surface area contributed by atoms with Crippen LogP contribution in [0.3, 0.4) is 0 Å². The first kappa shape index (κ1) is 11.8. The van der Waals surface area contributed by atoms with E-state index in [-0.39, 0.29) is 18.0 Å². The molecule has 92 valence electrons. The summed E-state index contributed by atoms with van der Waals surface area (Å²) >= 11 is 0. The highest BCUT2D eigenvalue weighted by molar-refractivity contribution is 5.76. The topological polar surface area (TPSA) is 58.4 Å². The van der Waals surface area contributed by atoms with Gasteiger partial charge >= 0.3 is 0 Å². The maximum atomic E-state index is 11.9. The van der Waals surface area contributed by atoms with E-state index in [9.17, 15) is 9.59 Å². The van der Waals surface area contributed by atoms with Gasteiger partial charge in [-0.3, -0.25) is 9.59 Å². The van der Waals surface area contributed by atoms with Gasteiger partial charge in [-0.05, 0) is 13.1 Å². The summed E-state index contributed by atoms with van der Waals surface area (Å²) in [6, 6.07) is 2.98. The molecular weight excluding hydrogens is 220 g/mol. The summed E-state index contributed by atoms with van der Waals surface area (Å²) in [5.41, 5.74) is -0.241. The minimum absolute atomic E-state index is 0.0311. The monoisotopic (exact) mass is 236 g/mol. The Bertz CT molecular complexity index is 449. The van der Waals surface area contributed by atoms with Crippen molar-refractivity contribution >= 4 is 5.91 Å². The average molecular weight is 236 g/mol. The third-order valence-electron chi connectivity index (χ3n) is 2.93. The first-order valence-corrected chi connectivity index (χ1v) is 5.65. The van der Waals surface area contributed by atoms with E-state index in [0.29, 0.717) is 0 Å². The molecule has 17 heavy (non-hydrogen) atoms. The Morgan fingerprint density at radius 2 is 2.06 bits per heavy atom. The lowest BCUT2D eigenvalue weighted by Gasteiger charge is -2.32. The molecule has 2 heterocycles. The molecule has 1 aliphatic rings. The van der Waals surface area contributed by atoms with Crippen LogP contribution in [0.5, 0.6) is 0 Å². The maximum absolute atomic E-state index is 11.9. The van der Waals surface area contributed by atoms with Gasteiger partial charge < -0.3 is 9.80 Å². The van der Waals surface area contributed by atoms with Crippen molar-refractivity contribution in [3.05, 3.63) is 28.7 Å². The van der Waals surface area contributed by atoms with Gasteiger partial charge in [0.2, 0.25) is 5.91 Å². The number of hydrogen-bond donors (Lipinski definition) is 0. The minimum atomic E-state index is -0.241. The second-order valence-corrected chi connectivity index (χ2v) is 4.20. The van der Waals surface area contributed by atoms with E-state index in [1.807, 2.05) is 7.05 Å². The highest BCUT2D eigenvalue weighted by Crippen LogP contribution is 2.00. The third-order valence-corrected chi connectivity index (χ3v) is 2.93. The van der Waals surface area contributed by atoms with Gasteiger partial charge in [0, 0.05) is 38.4 Å². The lowest BCUT2D eigenvalue weighted by Crippen LogP contribution is -2.48. The molecule has 1 aromatic rings. The zero-order chi connectivity index (χ0) is 12.3. The number of hydrogen-bond acceptors (Lipinski definition) is 4. The van der Waals surface area contributed by atoms with E-state index in [1.54, 1.807) is 11.0 Å². The zero-order valence-electron chi connectivity index (χ0n) is 9.87. The van der Waals surface area contributed by atoms with Crippen LogP contribution < -0.4 is 5.56 Å². The van der Waals surface area contributed by atoms with Crippen LogP contribution >= 0.6 is 0 Å². The zero-order valence-corrected chi connectivity index (χ0v) is 9.87. The molecule has 6 heteroatoms. The largest absolute Gasteiger partial charge is 0.339 e. The molecule has 0 aromatic carbocycles. The second kappa shape index (κ2) is 5.09. The quantitative estimate of drug-likeness (QED) is 0.662. The molecule has 0 unspecified atom stereocenters. The summed E-state index contributed by atoms with van der Waals surface area (Å²) in [5.74, 6) is -0.0427. The fourth-order valence-electron chi connectivity index (χ4n) is 1.79. The Kier molecular flexibility index (Phi) is 3.53. The van der Waals surface area contributed by atoms with Gasteiger partial charge in [-0.1, -0.05) is 0 Å². The minimum Gasteiger partial charge on any atom is -0.339 e. The smallest absolute Gasteiger partial charge is 0.267 e. The molecule has 6 nitrogen and oxygen atoms in total.